The first-order valence-corrected chi connectivity index (χ1v) is 7.77. The zero-order chi connectivity index (χ0) is 15.9. The van der Waals surface area contributed by atoms with Gasteiger partial charge in [0.1, 0.15) is 4.71 Å². The van der Waals surface area contributed by atoms with E-state index in [4.69, 9.17) is 15.8 Å². The lowest BCUT2D eigenvalue weighted by Gasteiger charge is -2.10. The van der Waals surface area contributed by atoms with E-state index in [1.165, 1.54) is 12.1 Å². The highest BCUT2D eigenvalue weighted by Crippen LogP contribution is 2.35. The maximum absolute atomic E-state index is 10.9. The quantitative estimate of drug-likeness (QED) is 0.349. The number of rotatable bonds is 7. The van der Waals surface area contributed by atoms with E-state index in [2.05, 4.69) is 10.3 Å². The topological polar surface area (TPSA) is 77.3 Å². The molecule has 0 fully saturated rings. The second kappa shape index (κ2) is 7.86. The SMILES string of the molecule is CCNc1nc(OSC(Cl)c2ccccc2)ccc1[N+](=O)[O-]. The lowest BCUT2D eigenvalue weighted by molar-refractivity contribution is -0.384. The number of hydrogen-bond acceptors (Lipinski definition) is 6. The van der Waals surface area contributed by atoms with Gasteiger partial charge >= 0.3 is 5.69 Å². The summed E-state index contributed by atoms with van der Waals surface area (Å²) in [5.41, 5.74) is 0.813. The molecule has 0 aliphatic rings. The van der Waals surface area contributed by atoms with E-state index in [1.54, 1.807) is 0 Å². The molecule has 8 heteroatoms. The molecule has 1 atom stereocenters. The number of nitro groups is 1. The van der Waals surface area contributed by atoms with Crippen LogP contribution in [0.15, 0.2) is 42.5 Å². The zero-order valence-electron chi connectivity index (χ0n) is 11.7. The number of benzene rings is 1. The molecule has 0 radical (unpaired) electrons. The van der Waals surface area contributed by atoms with E-state index in [1.807, 2.05) is 37.3 Å². The van der Waals surface area contributed by atoms with Crippen LogP contribution in [0, 0.1) is 10.1 Å². The van der Waals surface area contributed by atoms with Gasteiger partial charge in [0, 0.05) is 18.7 Å². The number of pyridine rings is 1. The maximum atomic E-state index is 10.9. The second-order valence-electron chi connectivity index (χ2n) is 4.21. The molecule has 1 heterocycles. The van der Waals surface area contributed by atoms with Crippen LogP contribution in [0.2, 0.25) is 0 Å². The molecule has 0 saturated heterocycles. The summed E-state index contributed by atoms with van der Waals surface area (Å²) < 4.78 is 5.05. The Morgan fingerprint density at radius 2 is 2.09 bits per heavy atom. The summed E-state index contributed by atoms with van der Waals surface area (Å²) in [5, 5.41) is 13.8. The van der Waals surface area contributed by atoms with Crippen molar-refractivity contribution in [2.45, 2.75) is 11.6 Å². The van der Waals surface area contributed by atoms with E-state index in [0.717, 1.165) is 17.6 Å². The third-order valence-corrected chi connectivity index (χ3v) is 3.85. The largest absolute Gasteiger partial charge is 0.404 e. The first-order valence-electron chi connectivity index (χ1n) is 6.53. The smallest absolute Gasteiger partial charge is 0.311 e. The lowest BCUT2D eigenvalue weighted by atomic mass is 10.2. The van der Waals surface area contributed by atoms with Crippen LogP contribution in [0.1, 0.15) is 17.2 Å². The second-order valence-corrected chi connectivity index (χ2v) is 5.74. The standard InChI is InChI=1S/C14H14ClN3O3S/c1-2-16-14-11(18(19)20)8-9-12(17-14)21-22-13(15)10-6-4-3-5-7-10/h3-9,13H,2H2,1H3,(H,16,17). The van der Waals surface area contributed by atoms with Crippen molar-refractivity contribution in [2.75, 3.05) is 11.9 Å². The van der Waals surface area contributed by atoms with Gasteiger partial charge in [-0.15, -0.1) is 11.6 Å². The van der Waals surface area contributed by atoms with Gasteiger partial charge in [-0.3, -0.25) is 10.1 Å². The molecular weight excluding hydrogens is 326 g/mol. The Bertz CT molecular complexity index is 642. The first-order chi connectivity index (χ1) is 10.6. The number of nitrogens with one attached hydrogen (secondary N) is 1. The van der Waals surface area contributed by atoms with Gasteiger partial charge in [0.2, 0.25) is 11.7 Å². The Morgan fingerprint density at radius 3 is 2.73 bits per heavy atom. The molecule has 0 spiro atoms. The fourth-order valence-corrected chi connectivity index (χ4v) is 2.48. The van der Waals surface area contributed by atoms with Gasteiger partial charge in [-0.05, 0) is 12.5 Å². The summed E-state index contributed by atoms with van der Waals surface area (Å²) in [4.78, 5) is 14.5. The van der Waals surface area contributed by atoms with Gasteiger partial charge in [0.05, 0.1) is 17.0 Å². The molecule has 1 unspecified atom stereocenters. The van der Waals surface area contributed by atoms with Gasteiger partial charge in [-0.25, -0.2) is 0 Å². The van der Waals surface area contributed by atoms with Crippen LogP contribution < -0.4 is 9.50 Å². The Hall–Kier alpha value is -1.99. The Kier molecular flexibility index (Phi) is 5.85. The Labute approximate surface area is 137 Å². The molecule has 6 nitrogen and oxygen atoms in total. The van der Waals surface area contributed by atoms with Crippen LogP contribution in [-0.4, -0.2) is 16.5 Å². The molecule has 22 heavy (non-hydrogen) atoms. The fraction of sp³-hybridized carbons (Fsp3) is 0.214. The van der Waals surface area contributed by atoms with Crippen molar-refractivity contribution in [1.29, 1.82) is 0 Å². The molecule has 0 amide bonds. The normalized spacial score (nSPS) is 11.7. The van der Waals surface area contributed by atoms with E-state index >= 15 is 0 Å². The van der Waals surface area contributed by atoms with Crippen molar-refractivity contribution in [2.24, 2.45) is 0 Å². The predicted octanol–water partition coefficient (Wildman–Crippen LogP) is 4.39. The minimum atomic E-state index is -0.490. The highest BCUT2D eigenvalue weighted by molar-refractivity contribution is 7.96. The van der Waals surface area contributed by atoms with Crippen molar-refractivity contribution in [3.8, 4) is 5.88 Å². The number of halogens is 1. The van der Waals surface area contributed by atoms with Crippen molar-refractivity contribution < 1.29 is 9.11 Å². The van der Waals surface area contributed by atoms with Gasteiger partial charge in [-0.2, -0.15) is 4.98 Å². The number of hydrogen-bond donors (Lipinski definition) is 1. The summed E-state index contributed by atoms with van der Waals surface area (Å²) in [5.74, 6) is 0.435. The molecule has 0 aliphatic heterocycles. The average Bonchev–Trinajstić information content (AvgIpc) is 2.53. The van der Waals surface area contributed by atoms with Gasteiger partial charge in [0.25, 0.3) is 0 Å². The number of alkyl halides is 1. The summed E-state index contributed by atoms with van der Waals surface area (Å²) in [7, 11) is 0. The minimum Gasteiger partial charge on any atom is -0.404 e. The zero-order valence-corrected chi connectivity index (χ0v) is 13.3. The molecule has 2 aromatic rings. The molecule has 116 valence electrons. The average molecular weight is 340 g/mol. The fourth-order valence-electron chi connectivity index (χ4n) is 1.68. The highest BCUT2D eigenvalue weighted by Gasteiger charge is 2.17. The molecule has 1 aromatic heterocycles. The van der Waals surface area contributed by atoms with Gasteiger partial charge in [0.15, 0.2) is 0 Å². The molecule has 0 aliphatic carbocycles. The van der Waals surface area contributed by atoms with Crippen molar-refractivity contribution >= 4 is 35.1 Å². The van der Waals surface area contributed by atoms with Crippen molar-refractivity contribution in [3.05, 3.63) is 58.1 Å². The molecular formula is C14H14ClN3O3S. The highest BCUT2D eigenvalue weighted by atomic mass is 35.5. The number of nitrogens with zero attached hydrogens (tertiary/aromatic N) is 2. The van der Waals surface area contributed by atoms with Crippen LogP contribution in [0.4, 0.5) is 11.5 Å². The third kappa shape index (κ3) is 4.25. The summed E-state index contributed by atoms with van der Waals surface area (Å²) in [6, 6.07) is 12.3. The van der Waals surface area contributed by atoms with Crippen LogP contribution in [0.3, 0.4) is 0 Å². The Balaban J connectivity index is 2.07. The van der Waals surface area contributed by atoms with Crippen LogP contribution in [-0.2, 0) is 0 Å². The molecule has 0 saturated carbocycles. The molecule has 0 bridgehead atoms. The summed E-state index contributed by atoms with van der Waals surface area (Å²) in [6.07, 6.45) is 0. The van der Waals surface area contributed by atoms with Crippen LogP contribution >= 0.6 is 23.6 Å². The molecule has 2 rings (SSSR count). The van der Waals surface area contributed by atoms with E-state index < -0.39 is 9.63 Å². The summed E-state index contributed by atoms with van der Waals surface area (Å²) >= 11 is 7.25. The first kappa shape index (κ1) is 16.4. The summed E-state index contributed by atoms with van der Waals surface area (Å²) in [6.45, 7) is 2.35. The lowest BCUT2D eigenvalue weighted by Crippen LogP contribution is -2.04. The monoisotopic (exact) mass is 339 g/mol. The Morgan fingerprint density at radius 1 is 1.36 bits per heavy atom. The van der Waals surface area contributed by atoms with Crippen molar-refractivity contribution in [1.82, 2.24) is 4.98 Å². The van der Waals surface area contributed by atoms with E-state index in [-0.39, 0.29) is 17.4 Å². The maximum Gasteiger partial charge on any atom is 0.311 e. The van der Waals surface area contributed by atoms with Crippen molar-refractivity contribution in [3.63, 3.8) is 0 Å². The number of aromatic nitrogens is 1. The molecule has 1 aromatic carbocycles. The minimum absolute atomic E-state index is 0.0929. The number of anilines is 1. The van der Waals surface area contributed by atoms with Crippen LogP contribution in [0.5, 0.6) is 5.88 Å². The van der Waals surface area contributed by atoms with E-state index in [9.17, 15) is 10.1 Å². The van der Waals surface area contributed by atoms with E-state index in [0.29, 0.717) is 6.54 Å². The predicted molar refractivity (Wildman–Crippen MR) is 88.3 cm³/mol. The molecule has 1 N–H and O–H groups in total. The van der Waals surface area contributed by atoms with Gasteiger partial charge < -0.3 is 9.50 Å². The van der Waals surface area contributed by atoms with Crippen LogP contribution in [0.25, 0.3) is 0 Å². The third-order valence-electron chi connectivity index (χ3n) is 2.67. The van der Waals surface area contributed by atoms with Gasteiger partial charge in [-0.1, -0.05) is 30.3 Å².